The Balaban J connectivity index is 1.79. The van der Waals surface area contributed by atoms with Gasteiger partial charge in [0.2, 0.25) is 5.91 Å². The van der Waals surface area contributed by atoms with Gasteiger partial charge in [0.05, 0.1) is 18.4 Å². The van der Waals surface area contributed by atoms with Crippen LogP contribution in [0.4, 0.5) is 5.69 Å². The Kier molecular flexibility index (Phi) is 3.22. The second-order valence-corrected chi connectivity index (χ2v) is 4.00. The van der Waals surface area contributed by atoms with Crippen molar-refractivity contribution in [2.24, 2.45) is 0 Å². The predicted molar refractivity (Wildman–Crippen MR) is 62.1 cm³/mol. The normalized spacial score (nSPS) is 14.1. The van der Waals surface area contributed by atoms with Crippen LogP contribution in [0.5, 0.6) is 0 Å². The highest BCUT2D eigenvalue weighted by Crippen LogP contribution is 2.18. The fourth-order valence-corrected chi connectivity index (χ4v) is 1.30. The van der Waals surface area contributed by atoms with Gasteiger partial charge < -0.3 is 16.4 Å². The molecule has 17 heavy (non-hydrogen) atoms. The van der Waals surface area contributed by atoms with Gasteiger partial charge in [-0.2, -0.15) is 0 Å². The number of anilines is 1. The molecule has 1 aromatic heterocycles. The molecule has 1 heterocycles. The van der Waals surface area contributed by atoms with Crippen molar-refractivity contribution in [3.05, 3.63) is 24.0 Å². The third kappa shape index (κ3) is 3.44. The van der Waals surface area contributed by atoms with Crippen LogP contribution in [0.1, 0.15) is 23.3 Å². The highest BCUT2D eigenvalue weighted by Gasteiger charge is 2.23. The zero-order valence-electron chi connectivity index (χ0n) is 9.27. The molecule has 6 nitrogen and oxygen atoms in total. The topological polar surface area (TPSA) is 97.1 Å². The number of carbonyl (C=O) groups is 2. The number of nitrogens with zero attached hydrogens (tertiary/aromatic N) is 1. The SMILES string of the molecule is Nc1ccc(C(=O)NCC(=O)NC2CC2)nc1. The molecule has 1 aliphatic carbocycles. The third-order valence-corrected chi connectivity index (χ3v) is 2.37. The molecular formula is C11H14N4O2. The fraction of sp³-hybridized carbons (Fsp3) is 0.364. The van der Waals surface area contributed by atoms with E-state index < -0.39 is 0 Å². The summed E-state index contributed by atoms with van der Waals surface area (Å²) in [4.78, 5) is 26.7. The van der Waals surface area contributed by atoms with Crippen LogP contribution in [0.15, 0.2) is 18.3 Å². The Bertz CT molecular complexity index is 426. The monoisotopic (exact) mass is 234 g/mol. The van der Waals surface area contributed by atoms with Crippen molar-refractivity contribution in [2.45, 2.75) is 18.9 Å². The molecule has 0 saturated heterocycles. The van der Waals surface area contributed by atoms with Crippen molar-refractivity contribution in [1.82, 2.24) is 15.6 Å². The van der Waals surface area contributed by atoms with Crippen molar-refractivity contribution in [1.29, 1.82) is 0 Å². The third-order valence-electron chi connectivity index (χ3n) is 2.37. The van der Waals surface area contributed by atoms with Crippen molar-refractivity contribution < 1.29 is 9.59 Å². The molecule has 1 aromatic rings. The predicted octanol–water partition coefficient (Wildman–Crippen LogP) is -0.328. The standard InChI is InChI=1S/C11H14N4O2/c12-7-1-4-9(13-5-7)11(17)14-6-10(16)15-8-2-3-8/h1,4-5,8H,2-3,6,12H2,(H,14,17)(H,15,16). The molecule has 0 radical (unpaired) electrons. The first-order valence-electron chi connectivity index (χ1n) is 5.44. The smallest absolute Gasteiger partial charge is 0.270 e. The molecule has 0 aliphatic heterocycles. The van der Waals surface area contributed by atoms with Crippen LogP contribution in [0, 0.1) is 0 Å². The minimum absolute atomic E-state index is 0.0264. The molecule has 0 aromatic carbocycles. The molecule has 0 spiro atoms. The molecule has 0 unspecified atom stereocenters. The maximum absolute atomic E-state index is 11.6. The lowest BCUT2D eigenvalue weighted by atomic mass is 10.3. The Hall–Kier alpha value is -2.11. The van der Waals surface area contributed by atoms with Gasteiger partial charge >= 0.3 is 0 Å². The van der Waals surface area contributed by atoms with E-state index in [-0.39, 0.29) is 24.1 Å². The van der Waals surface area contributed by atoms with Crippen molar-refractivity contribution in [3.63, 3.8) is 0 Å². The van der Waals surface area contributed by atoms with E-state index in [4.69, 9.17) is 5.73 Å². The number of nitrogen functional groups attached to an aromatic ring is 1. The number of rotatable bonds is 4. The van der Waals surface area contributed by atoms with Crippen LogP contribution in [0.3, 0.4) is 0 Å². The molecule has 90 valence electrons. The number of carbonyl (C=O) groups excluding carboxylic acids is 2. The number of nitrogens with two attached hydrogens (primary N) is 1. The molecule has 0 atom stereocenters. The Morgan fingerprint density at radius 1 is 1.41 bits per heavy atom. The van der Waals surface area contributed by atoms with E-state index in [0.29, 0.717) is 11.7 Å². The molecule has 2 rings (SSSR count). The molecule has 2 amide bonds. The molecular weight excluding hydrogens is 220 g/mol. The second-order valence-electron chi connectivity index (χ2n) is 4.00. The van der Waals surface area contributed by atoms with Crippen LogP contribution >= 0.6 is 0 Å². The Morgan fingerprint density at radius 3 is 2.76 bits per heavy atom. The van der Waals surface area contributed by atoms with Gasteiger partial charge in [0.15, 0.2) is 0 Å². The Labute approximate surface area is 98.6 Å². The molecule has 4 N–H and O–H groups in total. The highest BCUT2D eigenvalue weighted by molar-refractivity contribution is 5.95. The molecule has 0 bridgehead atoms. The zero-order valence-corrected chi connectivity index (χ0v) is 9.27. The highest BCUT2D eigenvalue weighted by atomic mass is 16.2. The number of hydrogen-bond acceptors (Lipinski definition) is 4. The number of hydrogen-bond donors (Lipinski definition) is 3. The van der Waals surface area contributed by atoms with Gasteiger partial charge in [0, 0.05) is 6.04 Å². The largest absolute Gasteiger partial charge is 0.397 e. The number of pyridine rings is 1. The number of nitrogens with one attached hydrogen (secondary N) is 2. The molecule has 1 saturated carbocycles. The van der Waals surface area contributed by atoms with E-state index in [0.717, 1.165) is 12.8 Å². The van der Waals surface area contributed by atoms with E-state index in [1.165, 1.54) is 12.3 Å². The van der Waals surface area contributed by atoms with Crippen LogP contribution < -0.4 is 16.4 Å². The van der Waals surface area contributed by atoms with Crippen molar-refractivity contribution in [2.75, 3.05) is 12.3 Å². The van der Waals surface area contributed by atoms with Gasteiger partial charge in [-0.05, 0) is 25.0 Å². The lowest BCUT2D eigenvalue weighted by molar-refractivity contribution is -0.120. The van der Waals surface area contributed by atoms with Crippen LogP contribution in [-0.2, 0) is 4.79 Å². The first kappa shape index (κ1) is 11.4. The summed E-state index contributed by atoms with van der Waals surface area (Å²) in [6, 6.07) is 3.41. The van der Waals surface area contributed by atoms with Gasteiger partial charge in [-0.15, -0.1) is 0 Å². The zero-order chi connectivity index (χ0) is 12.3. The fourth-order valence-electron chi connectivity index (χ4n) is 1.30. The van der Waals surface area contributed by atoms with Crippen molar-refractivity contribution >= 4 is 17.5 Å². The van der Waals surface area contributed by atoms with Gasteiger partial charge in [-0.1, -0.05) is 0 Å². The lowest BCUT2D eigenvalue weighted by Gasteiger charge is -2.05. The minimum atomic E-state index is -0.379. The summed E-state index contributed by atoms with van der Waals surface area (Å²) >= 11 is 0. The summed E-state index contributed by atoms with van der Waals surface area (Å²) in [6.45, 7) is -0.0264. The van der Waals surface area contributed by atoms with E-state index in [2.05, 4.69) is 15.6 Å². The maximum atomic E-state index is 11.6. The average molecular weight is 234 g/mol. The quantitative estimate of drug-likeness (QED) is 0.664. The van der Waals surface area contributed by atoms with E-state index in [1.54, 1.807) is 6.07 Å². The van der Waals surface area contributed by atoms with E-state index in [1.807, 2.05) is 0 Å². The number of aromatic nitrogens is 1. The average Bonchev–Trinajstić information content (AvgIpc) is 3.11. The first-order chi connectivity index (χ1) is 8.15. The van der Waals surface area contributed by atoms with Crippen LogP contribution in [-0.4, -0.2) is 29.4 Å². The lowest BCUT2D eigenvalue weighted by Crippen LogP contribution is -2.38. The number of amides is 2. The van der Waals surface area contributed by atoms with Gasteiger partial charge in [-0.25, -0.2) is 4.98 Å². The summed E-state index contributed by atoms with van der Waals surface area (Å²) in [7, 11) is 0. The molecule has 6 heteroatoms. The van der Waals surface area contributed by atoms with Gasteiger partial charge in [-0.3, -0.25) is 9.59 Å². The first-order valence-corrected chi connectivity index (χ1v) is 5.44. The van der Waals surface area contributed by atoms with Gasteiger partial charge in [0.25, 0.3) is 5.91 Å². The van der Waals surface area contributed by atoms with Crippen LogP contribution in [0.2, 0.25) is 0 Å². The molecule has 1 fully saturated rings. The summed E-state index contributed by atoms with van der Waals surface area (Å²) in [5.74, 6) is -0.549. The Morgan fingerprint density at radius 2 is 2.18 bits per heavy atom. The van der Waals surface area contributed by atoms with Gasteiger partial charge in [0.1, 0.15) is 5.69 Å². The summed E-state index contributed by atoms with van der Waals surface area (Å²) in [5, 5.41) is 5.27. The molecule has 1 aliphatic rings. The summed E-state index contributed by atoms with van der Waals surface area (Å²) in [5.41, 5.74) is 6.19. The minimum Gasteiger partial charge on any atom is -0.397 e. The summed E-state index contributed by atoms with van der Waals surface area (Å²) in [6.07, 6.45) is 3.46. The second kappa shape index (κ2) is 4.82. The maximum Gasteiger partial charge on any atom is 0.270 e. The van der Waals surface area contributed by atoms with Crippen molar-refractivity contribution in [3.8, 4) is 0 Å². The van der Waals surface area contributed by atoms with E-state index >= 15 is 0 Å². The van der Waals surface area contributed by atoms with Crippen LogP contribution in [0.25, 0.3) is 0 Å². The van der Waals surface area contributed by atoms with E-state index in [9.17, 15) is 9.59 Å². The summed E-state index contributed by atoms with van der Waals surface area (Å²) < 4.78 is 0.